The number of anilines is 1. The minimum atomic E-state index is -0.304. The first-order chi connectivity index (χ1) is 12.6. The molecule has 2 aromatic carbocycles. The van der Waals surface area contributed by atoms with Crippen molar-refractivity contribution in [2.24, 2.45) is 0 Å². The Morgan fingerprint density at radius 1 is 0.923 bits per heavy atom. The molecule has 1 aromatic heterocycles. The highest BCUT2D eigenvalue weighted by Gasteiger charge is 2.07. The molecule has 6 heteroatoms. The first-order valence-electron chi connectivity index (χ1n) is 8.24. The third kappa shape index (κ3) is 4.86. The Balaban J connectivity index is 1.52. The van der Waals surface area contributed by atoms with Crippen LogP contribution in [-0.4, -0.2) is 15.9 Å². The van der Waals surface area contributed by atoms with Crippen molar-refractivity contribution in [3.8, 4) is 0 Å². The van der Waals surface area contributed by atoms with E-state index in [0.29, 0.717) is 24.6 Å². The lowest BCUT2D eigenvalue weighted by Gasteiger charge is -2.07. The third-order valence-electron chi connectivity index (χ3n) is 3.85. The average Bonchev–Trinajstić information content (AvgIpc) is 2.67. The highest BCUT2D eigenvalue weighted by Crippen LogP contribution is 2.07. The summed E-state index contributed by atoms with van der Waals surface area (Å²) in [6.45, 7) is 2.96. The quantitative estimate of drug-likeness (QED) is 0.714. The van der Waals surface area contributed by atoms with Crippen LogP contribution in [0.4, 0.5) is 10.3 Å². The molecule has 0 aliphatic heterocycles. The third-order valence-corrected chi connectivity index (χ3v) is 3.85. The topological polar surface area (TPSA) is 66.9 Å². The minimum absolute atomic E-state index is 0.278. The molecular weight excluding hydrogens is 331 g/mol. The van der Waals surface area contributed by atoms with Gasteiger partial charge in [-0.25, -0.2) is 14.4 Å². The van der Waals surface area contributed by atoms with Crippen molar-refractivity contribution in [3.63, 3.8) is 0 Å². The van der Waals surface area contributed by atoms with Crippen LogP contribution >= 0.6 is 0 Å². The summed E-state index contributed by atoms with van der Waals surface area (Å²) >= 11 is 0. The molecule has 0 aliphatic rings. The highest BCUT2D eigenvalue weighted by atomic mass is 19.1. The molecule has 0 saturated heterocycles. The van der Waals surface area contributed by atoms with Crippen LogP contribution in [0.5, 0.6) is 0 Å². The standard InChI is InChI=1S/C20H19FN4O/c1-14-2-4-15(5-3-14)11-23-20-24-12-17(13-25-20)19(26)22-10-16-6-8-18(21)9-7-16/h2-9,12-13H,10-11H2,1H3,(H,22,26)(H,23,24,25). The number of nitrogens with one attached hydrogen (secondary N) is 2. The fourth-order valence-corrected chi connectivity index (χ4v) is 2.31. The van der Waals surface area contributed by atoms with E-state index >= 15 is 0 Å². The van der Waals surface area contributed by atoms with E-state index in [1.54, 1.807) is 12.1 Å². The number of nitrogens with zero attached hydrogens (tertiary/aromatic N) is 2. The number of halogens is 1. The molecule has 0 saturated carbocycles. The van der Waals surface area contributed by atoms with Gasteiger partial charge in [0, 0.05) is 25.5 Å². The van der Waals surface area contributed by atoms with E-state index in [1.165, 1.54) is 30.1 Å². The van der Waals surface area contributed by atoms with Crippen molar-refractivity contribution in [2.75, 3.05) is 5.32 Å². The predicted octanol–water partition coefficient (Wildman–Crippen LogP) is 3.47. The smallest absolute Gasteiger partial charge is 0.254 e. The maximum atomic E-state index is 12.9. The second kappa shape index (κ2) is 8.20. The Morgan fingerprint density at radius 2 is 1.50 bits per heavy atom. The zero-order valence-electron chi connectivity index (χ0n) is 14.4. The van der Waals surface area contributed by atoms with E-state index in [2.05, 4.69) is 20.6 Å². The molecule has 3 rings (SSSR count). The lowest BCUT2D eigenvalue weighted by atomic mass is 10.1. The molecule has 0 spiro atoms. The van der Waals surface area contributed by atoms with Gasteiger partial charge in [-0.3, -0.25) is 4.79 Å². The van der Waals surface area contributed by atoms with Gasteiger partial charge in [-0.15, -0.1) is 0 Å². The molecule has 0 radical (unpaired) electrons. The molecule has 0 unspecified atom stereocenters. The number of carbonyl (C=O) groups is 1. The summed E-state index contributed by atoms with van der Waals surface area (Å²) in [6, 6.07) is 14.2. The molecule has 132 valence electrons. The normalized spacial score (nSPS) is 10.4. The first kappa shape index (κ1) is 17.5. The fraction of sp³-hybridized carbons (Fsp3) is 0.150. The number of rotatable bonds is 6. The summed E-state index contributed by atoms with van der Waals surface area (Å²) in [5.74, 6) is -0.123. The Labute approximate surface area is 151 Å². The lowest BCUT2D eigenvalue weighted by molar-refractivity contribution is 0.0950. The van der Waals surface area contributed by atoms with Gasteiger partial charge in [0.25, 0.3) is 5.91 Å². The molecule has 0 atom stereocenters. The van der Waals surface area contributed by atoms with Crippen molar-refractivity contribution in [1.82, 2.24) is 15.3 Å². The van der Waals surface area contributed by atoms with Crippen molar-refractivity contribution in [3.05, 3.63) is 89.0 Å². The number of hydrogen-bond donors (Lipinski definition) is 2. The highest BCUT2D eigenvalue weighted by molar-refractivity contribution is 5.93. The van der Waals surface area contributed by atoms with Crippen LogP contribution in [-0.2, 0) is 13.1 Å². The summed E-state index contributed by atoms with van der Waals surface area (Å²) in [6.07, 6.45) is 2.95. The number of benzene rings is 2. The number of hydrogen-bond acceptors (Lipinski definition) is 4. The largest absolute Gasteiger partial charge is 0.350 e. The van der Waals surface area contributed by atoms with E-state index in [4.69, 9.17) is 0 Å². The average molecular weight is 350 g/mol. The molecule has 1 heterocycles. The van der Waals surface area contributed by atoms with Gasteiger partial charge in [0.1, 0.15) is 5.82 Å². The van der Waals surface area contributed by atoms with Crippen LogP contribution in [0.2, 0.25) is 0 Å². The SMILES string of the molecule is Cc1ccc(CNc2ncc(C(=O)NCc3ccc(F)cc3)cn2)cc1. The lowest BCUT2D eigenvalue weighted by Crippen LogP contribution is -2.23. The number of aromatic nitrogens is 2. The summed E-state index contributed by atoms with van der Waals surface area (Å²) in [7, 11) is 0. The van der Waals surface area contributed by atoms with Crippen molar-refractivity contribution in [2.45, 2.75) is 20.0 Å². The van der Waals surface area contributed by atoms with Crippen molar-refractivity contribution in [1.29, 1.82) is 0 Å². The van der Waals surface area contributed by atoms with Gasteiger partial charge in [0.05, 0.1) is 5.56 Å². The van der Waals surface area contributed by atoms with Crippen molar-refractivity contribution < 1.29 is 9.18 Å². The van der Waals surface area contributed by atoms with Gasteiger partial charge in [0.2, 0.25) is 5.95 Å². The first-order valence-corrected chi connectivity index (χ1v) is 8.24. The van der Waals surface area contributed by atoms with E-state index in [9.17, 15) is 9.18 Å². The number of amides is 1. The zero-order chi connectivity index (χ0) is 18.4. The van der Waals surface area contributed by atoms with Crippen LogP contribution in [0.25, 0.3) is 0 Å². The van der Waals surface area contributed by atoms with Crippen molar-refractivity contribution >= 4 is 11.9 Å². The Kier molecular flexibility index (Phi) is 5.53. The molecule has 2 N–H and O–H groups in total. The van der Waals surface area contributed by atoms with Gasteiger partial charge in [-0.1, -0.05) is 42.0 Å². The Bertz CT molecular complexity index is 862. The number of aryl methyl sites for hydroxylation is 1. The molecule has 26 heavy (non-hydrogen) atoms. The maximum absolute atomic E-state index is 12.9. The van der Waals surface area contributed by atoms with Gasteiger partial charge in [-0.2, -0.15) is 0 Å². The van der Waals surface area contributed by atoms with Gasteiger partial charge in [-0.05, 0) is 30.2 Å². The maximum Gasteiger partial charge on any atom is 0.254 e. The van der Waals surface area contributed by atoms with E-state index in [1.807, 2.05) is 31.2 Å². The molecule has 0 fully saturated rings. The van der Waals surface area contributed by atoms with Crippen LogP contribution in [0, 0.1) is 12.7 Å². The summed E-state index contributed by atoms with van der Waals surface area (Å²) in [4.78, 5) is 20.5. The number of carbonyl (C=O) groups excluding carboxylic acids is 1. The van der Waals surface area contributed by atoms with Crippen LogP contribution in [0.3, 0.4) is 0 Å². The molecular formula is C20H19FN4O. The fourth-order valence-electron chi connectivity index (χ4n) is 2.31. The predicted molar refractivity (Wildman–Crippen MR) is 98.1 cm³/mol. The van der Waals surface area contributed by atoms with Gasteiger partial charge < -0.3 is 10.6 Å². The molecule has 0 bridgehead atoms. The van der Waals surface area contributed by atoms with Crippen LogP contribution in [0.1, 0.15) is 27.0 Å². The van der Waals surface area contributed by atoms with E-state index in [0.717, 1.165) is 11.1 Å². The minimum Gasteiger partial charge on any atom is -0.350 e. The second-order valence-corrected chi connectivity index (χ2v) is 5.94. The second-order valence-electron chi connectivity index (χ2n) is 5.94. The van der Waals surface area contributed by atoms with Crippen LogP contribution < -0.4 is 10.6 Å². The summed E-state index contributed by atoms with van der Waals surface area (Å²) in [5.41, 5.74) is 3.52. The van der Waals surface area contributed by atoms with E-state index < -0.39 is 0 Å². The van der Waals surface area contributed by atoms with E-state index in [-0.39, 0.29) is 11.7 Å². The Morgan fingerprint density at radius 3 is 2.15 bits per heavy atom. The molecule has 0 aliphatic carbocycles. The zero-order valence-corrected chi connectivity index (χ0v) is 14.4. The molecule has 1 amide bonds. The Hall–Kier alpha value is -3.28. The molecule has 3 aromatic rings. The monoisotopic (exact) mass is 350 g/mol. The van der Waals surface area contributed by atoms with Gasteiger partial charge >= 0.3 is 0 Å². The molecule has 5 nitrogen and oxygen atoms in total. The van der Waals surface area contributed by atoms with Gasteiger partial charge in [0.15, 0.2) is 0 Å². The summed E-state index contributed by atoms with van der Waals surface area (Å²) < 4.78 is 12.9. The van der Waals surface area contributed by atoms with Crippen LogP contribution in [0.15, 0.2) is 60.9 Å². The summed E-state index contributed by atoms with van der Waals surface area (Å²) in [5, 5.41) is 5.88.